The molecule has 0 saturated carbocycles. The van der Waals surface area contributed by atoms with E-state index in [1.165, 1.54) is 17.4 Å². The van der Waals surface area contributed by atoms with Crippen molar-refractivity contribution >= 4 is 22.9 Å². The smallest absolute Gasteiger partial charge is 0.266 e. The summed E-state index contributed by atoms with van der Waals surface area (Å²) in [5, 5.41) is 4.85. The average Bonchev–Trinajstić information content (AvgIpc) is 3.10. The van der Waals surface area contributed by atoms with Crippen LogP contribution in [-0.4, -0.2) is 15.9 Å². The second kappa shape index (κ2) is 7.44. The highest BCUT2D eigenvalue weighted by Gasteiger charge is 2.13. The molecule has 128 valence electrons. The van der Waals surface area contributed by atoms with Crippen LogP contribution in [-0.2, 0) is 12.8 Å². The van der Waals surface area contributed by atoms with Crippen LogP contribution in [0.1, 0.15) is 34.8 Å². The Labute approximate surface area is 149 Å². The standard InChI is InChI=1S/C19H19N3O2S/c1-3-12-8-9-25-17(12)19(24)21-15-7-5-6-13(10-15)18-20-14(4-2)11-16(23)22-18/h5-11H,3-4H2,1-2H3,(H,21,24)(H,20,22,23). The number of aromatic amines is 1. The van der Waals surface area contributed by atoms with Crippen LogP contribution in [0.3, 0.4) is 0 Å². The molecule has 0 radical (unpaired) electrons. The number of nitrogens with one attached hydrogen (secondary N) is 2. The highest BCUT2D eigenvalue weighted by atomic mass is 32.1. The zero-order chi connectivity index (χ0) is 17.8. The number of nitrogens with zero attached hydrogens (tertiary/aromatic N) is 1. The summed E-state index contributed by atoms with van der Waals surface area (Å²) in [4.78, 5) is 32.2. The van der Waals surface area contributed by atoms with Gasteiger partial charge >= 0.3 is 0 Å². The second-order valence-corrected chi connectivity index (χ2v) is 6.52. The Hall–Kier alpha value is -2.73. The van der Waals surface area contributed by atoms with Crippen molar-refractivity contribution in [2.45, 2.75) is 26.7 Å². The first kappa shape index (κ1) is 17.1. The maximum atomic E-state index is 12.5. The monoisotopic (exact) mass is 353 g/mol. The van der Waals surface area contributed by atoms with Crippen molar-refractivity contribution in [3.05, 3.63) is 68.3 Å². The number of aryl methyl sites for hydroxylation is 2. The van der Waals surface area contributed by atoms with E-state index in [0.717, 1.165) is 28.1 Å². The molecule has 0 aliphatic heterocycles. The Morgan fingerprint density at radius 3 is 2.80 bits per heavy atom. The summed E-state index contributed by atoms with van der Waals surface area (Å²) in [7, 11) is 0. The van der Waals surface area contributed by atoms with Crippen LogP contribution in [0.25, 0.3) is 11.4 Å². The molecule has 0 saturated heterocycles. The number of amides is 1. The molecule has 1 aromatic carbocycles. The topological polar surface area (TPSA) is 74.8 Å². The van der Waals surface area contributed by atoms with E-state index < -0.39 is 0 Å². The normalized spacial score (nSPS) is 10.6. The lowest BCUT2D eigenvalue weighted by molar-refractivity contribution is 0.103. The highest BCUT2D eigenvalue weighted by molar-refractivity contribution is 7.12. The summed E-state index contributed by atoms with van der Waals surface area (Å²) >= 11 is 1.44. The summed E-state index contributed by atoms with van der Waals surface area (Å²) in [5.74, 6) is 0.388. The molecule has 0 aliphatic carbocycles. The minimum Gasteiger partial charge on any atom is -0.321 e. The predicted octanol–water partition coefficient (Wildman–Crippen LogP) is 3.88. The van der Waals surface area contributed by atoms with E-state index in [9.17, 15) is 9.59 Å². The summed E-state index contributed by atoms with van der Waals surface area (Å²) in [5.41, 5.74) is 3.02. The molecule has 0 spiro atoms. The number of anilines is 1. The van der Waals surface area contributed by atoms with Crippen LogP contribution in [0.15, 0.2) is 46.6 Å². The lowest BCUT2D eigenvalue weighted by Gasteiger charge is -2.08. The van der Waals surface area contributed by atoms with Crippen molar-refractivity contribution < 1.29 is 4.79 Å². The molecule has 2 heterocycles. The number of H-pyrrole nitrogens is 1. The van der Waals surface area contributed by atoms with Gasteiger partial charge in [0, 0.05) is 23.0 Å². The molecule has 0 aliphatic rings. The maximum Gasteiger partial charge on any atom is 0.266 e. The Morgan fingerprint density at radius 2 is 2.04 bits per heavy atom. The molecule has 0 unspecified atom stereocenters. The third kappa shape index (κ3) is 3.85. The fourth-order valence-corrected chi connectivity index (χ4v) is 3.46. The molecule has 2 N–H and O–H groups in total. The number of benzene rings is 1. The Bertz CT molecular complexity index is 959. The number of aromatic nitrogens is 2. The van der Waals surface area contributed by atoms with Crippen LogP contribution >= 0.6 is 11.3 Å². The van der Waals surface area contributed by atoms with Gasteiger partial charge in [-0.15, -0.1) is 11.3 Å². The molecule has 3 aromatic rings. The van der Waals surface area contributed by atoms with E-state index >= 15 is 0 Å². The zero-order valence-corrected chi connectivity index (χ0v) is 14.9. The van der Waals surface area contributed by atoms with Crippen LogP contribution in [0.5, 0.6) is 0 Å². The van der Waals surface area contributed by atoms with Gasteiger partial charge in [0.15, 0.2) is 0 Å². The average molecular weight is 353 g/mol. The van der Waals surface area contributed by atoms with Crippen LogP contribution in [0, 0.1) is 0 Å². The Balaban J connectivity index is 1.88. The van der Waals surface area contributed by atoms with Gasteiger partial charge < -0.3 is 10.3 Å². The molecule has 1 amide bonds. The molecular formula is C19H19N3O2S. The van der Waals surface area contributed by atoms with Gasteiger partial charge in [0.2, 0.25) is 0 Å². The van der Waals surface area contributed by atoms with Crippen LogP contribution < -0.4 is 10.9 Å². The molecule has 0 atom stereocenters. The minimum atomic E-state index is -0.178. The van der Waals surface area contributed by atoms with E-state index in [-0.39, 0.29) is 11.5 Å². The zero-order valence-electron chi connectivity index (χ0n) is 14.1. The van der Waals surface area contributed by atoms with Crippen molar-refractivity contribution in [1.82, 2.24) is 9.97 Å². The highest BCUT2D eigenvalue weighted by Crippen LogP contribution is 2.22. The molecular weight excluding hydrogens is 334 g/mol. The Morgan fingerprint density at radius 1 is 1.20 bits per heavy atom. The molecule has 0 bridgehead atoms. The molecule has 25 heavy (non-hydrogen) atoms. The van der Waals surface area contributed by atoms with E-state index in [1.807, 2.05) is 49.6 Å². The van der Waals surface area contributed by atoms with Gasteiger partial charge in [-0.1, -0.05) is 26.0 Å². The third-order valence-electron chi connectivity index (χ3n) is 3.88. The SMILES string of the molecule is CCc1cc(=O)[nH]c(-c2cccc(NC(=O)c3sccc3CC)c2)n1. The second-order valence-electron chi connectivity index (χ2n) is 5.60. The fourth-order valence-electron chi connectivity index (χ4n) is 2.57. The van der Waals surface area contributed by atoms with Gasteiger partial charge in [0.1, 0.15) is 5.82 Å². The molecule has 2 aromatic heterocycles. The van der Waals surface area contributed by atoms with Crippen molar-refractivity contribution in [1.29, 1.82) is 0 Å². The summed E-state index contributed by atoms with van der Waals surface area (Å²) < 4.78 is 0. The first-order valence-electron chi connectivity index (χ1n) is 8.19. The minimum absolute atomic E-state index is 0.118. The van der Waals surface area contributed by atoms with E-state index in [2.05, 4.69) is 15.3 Å². The predicted molar refractivity (Wildman–Crippen MR) is 101 cm³/mol. The van der Waals surface area contributed by atoms with E-state index in [0.29, 0.717) is 17.9 Å². The largest absolute Gasteiger partial charge is 0.321 e. The van der Waals surface area contributed by atoms with Gasteiger partial charge in [0.05, 0.1) is 4.88 Å². The first-order valence-corrected chi connectivity index (χ1v) is 9.07. The fraction of sp³-hybridized carbons (Fsp3) is 0.211. The summed E-state index contributed by atoms with van der Waals surface area (Å²) in [6, 6.07) is 10.8. The van der Waals surface area contributed by atoms with Gasteiger partial charge in [-0.25, -0.2) is 4.98 Å². The van der Waals surface area contributed by atoms with E-state index in [4.69, 9.17) is 0 Å². The van der Waals surface area contributed by atoms with Gasteiger partial charge in [-0.3, -0.25) is 9.59 Å². The number of hydrogen-bond donors (Lipinski definition) is 2. The molecule has 0 fully saturated rings. The number of rotatable bonds is 5. The van der Waals surface area contributed by atoms with Crippen molar-refractivity contribution in [2.24, 2.45) is 0 Å². The lowest BCUT2D eigenvalue weighted by Crippen LogP contribution is -2.12. The molecule has 6 heteroatoms. The number of thiophene rings is 1. The third-order valence-corrected chi connectivity index (χ3v) is 4.84. The number of carbonyl (C=O) groups excluding carboxylic acids is 1. The molecule has 3 rings (SSSR count). The van der Waals surface area contributed by atoms with Crippen molar-refractivity contribution in [3.63, 3.8) is 0 Å². The molecule has 5 nitrogen and oxygen atoms in total. The van der Waals surface area contributed by atoms with Gasteiger partial charge in [0.25, 0.3) is 11.5 Å². The number of hydrogen-bond acceptors (Lipinski definition) is 4. The van der Waals surface area contributed by atoms with Crippen LogP contribution in [0.2, 0.25) is 0 Å². The quantitative estimate of drug-likeness (QED) is 0.731. The van der Waals surface area contributed by atoms with Gasteiger partial charge in [-0.05, 0) is 42.0 Å². The first-order chi connectivity index (χ1) is 12.1. The lowest BCUT2D eigenvalue weighted by atomic mass is 10.1. The van der Waals surface area contributed by atoms with Crippen molar-refractivity contribution in [2.75, 3.05) is 5.32 Å². The maximum absolute atomic E-state index is 12.5. The van der Waals surface area contributed by atoms with Crippen LogP contribution in [0.4, 0.5) is 5.69 Å². The summed E-state index contributed by atoms with van der Waals surface area (Å²) in [6.45, 7) is 3.98. The Kier molecular flexibility index (Phi) is 5.09. The van der Waals surface area contributed by atoms with Gasteiger partial charge in [-0.2, -0.15) is 0 Å². The summed E-state index contributed by atoms with van der Waals surface area (Å²) in [6.07, 6.45) is 1.51. The van der Waals surface area contributed by atoms with E-state index in [1.54, 1.807) is 0 Å². The van der Waals surface area contributed by atoms with Crippen molar-refractivity contribution in [3.8, 4) is 11.4 Å². The number of carbonyl (C=O) groups is 1.